The molecule has 0 heterocycles. The lowest BCUT2D eigenvalue weighted by Crippen LogP contribution is -2.53. The van der Waals surface area contributed by atoms with E-state index in [0.717, 1.165) is 16.7 Å². The minimum atomic E-state index is -0.540. The fraction of sp³-hybridized carbons (Fsp3) is 0.417. The van der Waals surface area contributed by atoms with Crippen LogP contribution >= 0.6 is 11.6 Å². The van der Waals surface area contributed by atoms with Crippen LogP contribution in [0, 0.1) is 6.92 Å². The maximum Gasteiger partial charge on any atom is 0.243 e. The number of carbonyl (C=O) groups excluding carboxylic acids is 2. The highest BCUT2D eigenvalue weighted by Crippen LogP contribution is 2.18. The van der Waals surface area contributed by atoms with Gasteiger partial charge in [0.1, 0.15) is 6.04 Å². The van der Waals surface area contributed by atoms with Crippen LogP contribution in [-0.4, -0.2) is 28.3 Å². The van der Waals surface area contributed by atoms with E-state index in [2.05, 4.69) is 5.32 Å². The van der Waals surface area contributed by atoms with E-state index in [1.165, 1.54) is 0 Å². The Kier molecular flexibility index (Phi) is 7.86. The topological polar surface area (TPSA) is 49.4 Å². The Labute approximate surface area is 179 Å². The van der Waals surface area contributed by atoms with Crippen molar-refractivity contribution in [2.75, 3.05) is 0 Å². The molecular formula is C24H31ClN2O2. The molecule has 0 bridgehead atoms. The molecule has 0 aromatic heterocycles. The van der Waals surface area contributed by atoms with Gasteiger partial charge in [-0.15, -0.1) is 0 Å². The number of hydrogen-bond acceptors (Lipinski definition) is 2. The summed E-state index contributed by atoms with van der Waals surface area (Å²) in [7, 11) is 0. The molecule has 0 fully saturated rings. The smallest absolute Gasteiger partial charge is 0.243 e. The van der Waals surface area contributed by atoms with E-state index in [1.807, 2.05) is 71.0 Å². The Morgan fingerprint density at radius 1 is 1.07 bits per heavy atom. The summed E-state index contributed by atoms with van der Waals surface area (Å²) < 4.78 is 0. The van der Waals surface area contributed by atoms with Crippen LogP contribution in [0.15, 0.2) is 48.5 Å². The van der Waals surface area contributed by atoms with Crippen LogP contribution in [0.1, 0.15) is 50.8 Å². The molecule has 2 aromatic carbocycles. The number of rotatable bonds is 7. The first-order valence-corrected chi connectivity index (χ1v) is 10.4. The highest BCUT2D eigenvalue weighted by Gasteiger charge is 2.30. The number of halogens is 1. The first-order chi connectivity index (χ1) is 13.6. The molecule has 0 saturated carbocycles. The fourth-order valence-electron chi connectivity index (χ4n) is 3.26. The normalized spacial score (nSPS) is 12.3. The van der Waals surface area contributed by atoms with E-state index in [1.54, 1.807) is 17.0 Å². The number of benzene rings is 2. The number of nitrogens with zero attached hydrogens (tertiary/aromatic N) is 1. The van der Waals surface area contributed by atoms with Gasteiger partial charge in [0.15, 0.2) is 0 Å². The average Bonchev–Trinajstić information content (AvgIpc) is 2.61. The fourth-order valence-corrected chi connectivity index (χ4v) is 3.38. The molecule has 4 nitrogen and oxygen atoms in total. The second-order valence-electron chi connectivity index (χ2n) is 8.48. The highest BCUT2D eigenvalue weighted by atomic mass is 35.5. The Bertz CT molecular complexity index is 841. The van der Waals surface area contributed by atoms with Gasteiger partial charge in [-0.25, -0.2) is 0 Å². The zero-order chi connectivity index (χ0) is 21.6. The molecule has 0 saturated heterocycles. The van der Waals surface area contributed by atoms with Gasteiger partial charge in [-0.2, -0.15) is 0 Å². The monoisotopic (exact) mass is 414 g/mol. The third kappa shape index (κ3) is 7.21. The first kappa shape index (κ1) is 23.0. The van der Waals surface area contributed by atoms with E-state index in [0.29, 0.717) is 18.0 Å². The van der Waals surface area contributed by atoms with Gasteiger partial charge in [0.25, 0.3) is 0 Å². The Balaban J connectivity index is 2.30. The predicted molar refractivity (Wildman–Crippen MR) is 119 cm³/mol. The van der Waals surface area contributed by atoms with Crippen molar-refractivity contribution >= 4 is 23.4 Å². The minimum Gasteiger partial charge on any atom is -0.350 e. The molecule has 0 aliphatic rings. The van der Waals surface area contributed by atoms with E-state index >= 15 is 0 Å². The zero-order valence-corrected chi connectivity index (χ0v) is 18.7. The summed E-state index contributed by atoms with van der Waals surface area (Å²) in [6.07, 6.45) is 0.795. The minimum absolute atomic E-state index is 0.0681. The number of amides is 2. The molecule has 29 heavy (non-hydrogen) atoms. The maximum atomic E-state index is 13.3. The Morgan fingerprint density at radius 3 is 2.28 bits per heavy atom. The molecule has 156 valence electrons. The molecule has 1 unspecified atom stereocenters. The molecule has 1 atom stereocenters. The third-order valence-electron chi connectivity index (χ3n) is 4.59. The summed E-state index contributed by atoms with van der Waals surface area (Å²) in [6, 6.07) is 14.8. The van der Waals surface area contributed by atoms with Crippen LogP contribution in [0.2, 0.25) is 5.02 Å². The molecule has 5 heteroatoms. The summed E-state index contributed by atoms with van der Waals surface area (Å²) >= 11 is 6.00. The number of nitrogens with one attached hydrogen (secondary N) is 1. The molecule has 2 aromatic rings. The molecule has 2 rings (SSSR count). The van der Waals surface area contributed by atoms with Crippen molar-refractivity contribution < 1.29 is 9.59 Å². The van der Waals surface area contributed by atoms with Gasteiger partial charge in [-0.1, -0.05) is 60.5 Å². The van der Waals surface area contributed by atoms with Crippen molar-refractivity contribution in [2.24, 2.45) is 0 Å². The lowest BCUT2D eigenvalue weighted by Gasteiger charge is -2.33. The van der Waals surface area contributed by atoms with Crippen molar-refractivity contribution in [3.8, 4) is 0 Å². The molecular weight excluding hydrogens is 384 g/mol. The molecule has 0 radical (unpaired) electrons. The standard InChI is InChI=1S/C24H31ClN2O2/c1-6-21(23(29)26-24(3,4)5)27(16-18-10-12-20(25)13-11-18)22(28)15-19-9-7-8-17(2)14-19/h7-14,21H,6,15-16H2,1-5H3,(H,26,29). The second kappa shape index (κ2) is 9.93. The Morgan fingerprint density at radius 2 is 1.72 bits per heavy atom. The van der Waals surface area contributed by atoms with Crippen molar-refractivity contribution in [1.82, 2.24) is 10.2 Å². The summed E-state index contributed by atoms with van der Waals surface area (Å²) in [5, 5.41) is 3.66. The molecule has 0 aliphatic heterocycles. The first-order valence-electron chi connectivity index (χ1n) is 10.0. The van der Waals surface area contributed by atoms with Crippen molar-refractivity contribution in [2.45, 2.75) is 65.6 Å². The maximum absolute atomic E-state index is 13.3. The van der Waals surface area contributed by atoms with Crippen molar-refractivity contribution in [1.29, 1.82) is 0 Å². The SMILES string of the molecule is CCC(C(=O)NC(C)(C)C)N(Cc1ccc(Cl)cc1)C(=O)Cc1cccc(C)c1. The number of carbonyl (C=O) groups is 2. The molecule has 2 amide bonds. The van der Waals surface area contributed by atoms with Crippen LogP contribution < -0.4 is 5.32 Å². The highest BCUT2D eigenvalue weighted by molar-refractivity contribution is 6.30. The third-order valence-corrected chi connectivity index (χ3v) is 4.84. The van der Waals surface area contributed by atoms with Crippen molar-refractivity contribution in [3.05, 3.63) is 70.2 Å². The lowest BCUT2D eigenvalue weighted by molar-refractivity contribution is -0.141. The largest absolute Gasteiger partial charge is 0.350 e. The summed E-state index contributed by atoms with van der Waals surface area (Å²) in [5.74, 6) is -0.201. The summed E-state index contributed by atoms with van der Waals surface area (Å²) in [6.45, 7) is 10.1. The van der Waals surface area contributed by atoms with Gasteiger partial charge in [0, 0.05) is 17.1 Å². The average molecular weight is 415 g/mol. The van der Waals surface area contributed by atoms with E-state index < -0.39 is 6.04 Å². The van der Waals surface area contributed by atoms with Crippen LogP contribution in [0.25, 0.3) is 0 Å². The zero-order valence-electron chi connectivity index (χ0n) is 18.0. The van der Waals surface area contributed by atoms with Gasteiger partial charge in [-0.05, 0) is 57.4 Å². The predicted octanol–water partition coefficient (Wildman–Crippen LogP) is 4.91. The number of aryl methyl sites for hydroxylation is 1. The molecule has 0 aliphatic carbocycles. The van der Waals surface area contributed by atoms with Gasteiger partial charge in [0.2, 0.25) is 11.8 Å². The van der Waals surface area contributed by atoms with Crippen LogP contribution in [0.5, 0.6) is 0 Å². The van der Waals surface area contributed by atoms with Crippen molar-refractivity contribution in [3.63, 3.8) is 0 Å². The number of hydrogen-bond donors (Lipinski definition) is 1. The summed E-state index contributed by atoms with van der Waals surface area (Å²) in [5.41, 5.74) is 2.63. The van der Waals surface area contributed by atoms with E-state index in [-0.39, 0.29) is 23.8 Å². The molecule has 1 N–H and O–H groups in total. The van der Waals surface area contributed by atoms with Crippen LogP contribution in [0.4, 0.5) is 0 Å². The molecule has 0 spiro atoms. The van der Waals surface area contributed by atoms with E-state index in [4.69, 9.17) is 11.6 Å². The summed E-state index contributed by atoms with van der Waals surface area (Å²) in [4.78, 5) is 27.9. The van der Waals surface area contributed by atoms with Gasteiger partial charge in [0.05, 0.1) is 6.42 Å². The lowest BCUT2D eigenvalue weighted by atomic mass is 10.0. The van der Waals surface area contributed by atoms with Crippen LogP contribution in [-0.2, 0) is 22.6 Å². The van der Waals surface area contributed by atoms with Gasteiger partial charge >= 0.3 is 0 Å². The quantitative estimate of drug-likeness (QED) is 0.699. The van der Waals surface area contributed by atoms with Gasteiger partial charge in [-0.3, -0.25) is 9.59 Å². The van der Waals surface area contributed by atoms with Gasteiger partial charge < -0.3 is 10.2 Å². The second-order valence-corrected chi connectivity index (χ2v) is 8.91. The Hall–Kier alpha value is -2.33. The van der Waals surface area contributed by atoms with E-state index in [9.17, 15) is 9.59 Å². The van der Waals surface area contributed by atoms with Crippen LogP contribution in [0.3, 0.4) is 0 Å².